The zero-order chi connectivity index (χ0) is 18.1. The molecule has 25 heavy (non-hydrogen) atoms. The minimum Gasteiger partial charge on any atom is -0.350 e. The van der Waals surface area contributed by atoms with E-state index in [1.165, 1.54) is 0 Å². The van der Waals surface area contributed by atoms with Crippen molar-refractivity contribution in [1.82, 2.24) is 10.6 Å². The highest BCUT2D eigenvalue weighted by Gasteiger charge is 2.21. The molecule has 2 rings (SSSR count). The third kappa shape index (κ3) is 6.77. The molecular weight excluding hydrogens is 314 g/mol. The Hall–Kier alpha value is -2.66. The summed E-state index contributed by atoms with van der Waals surface area (Å²) >= 11 is 0. The lowest BCUT2D eigenvalue weighted by atomic mass is 10.0. The van der Waals surface area contributed by atoms with Crippen LogP contribution >= 0.6 is 0 Å². The van der Waals surface area contributed by atoms with Gasteiger partial charge in [0.2, 0.25) is 11.8 Å². The number of carbonyl (C=O) groups is 2. The lowest BCUT2D eigenvalue weighted by Crippen LogP contribution is -2.48. The van der Waals surface area contributed by atoms with Crippen molar-refractivity contribution in [3.05, 3.63) is 71.8 Å². The van der Waals surface area contributed by atoms with Gasteiger partial charge in [-0.25, -0.2) is 0 Å². The minimum absolute atomic E-state index is 0.192. The highest BCUT2D eigenvalue weighted by molar-refractivity contribution is 5.88. The standard InChI is InChI=1S/C20H25N3O2/c1-15(21)12-19(24)23-18(13-16-8-4-2-5-9-16)20(25)22-14-17-10-6-3-7-11-17/h2-11,15,18H,12-14,21H2,1H3,(H,22,25)(H,23,24). The van der Waals surface area contributed by atoms with Gasteiger partial charge in [-0.2, -0.15) is 0 Å². The van der Waals surface area contributed by atoms with Gasteiger partial charge in [0, 0.05) is 25.4 Å². The number of hydrogen-bond donors (Lipinski definition) is 3. The van der Waals surface area contributed by atoms with Gasteiger partial charge >= 0.3 is 0 Å². The lowest BCUT2D eigenvalue weighted by molar-refractivity contribution is -0.129. The quantitative estimate of drug-likeness (QED) is 0.685. The Morgan fingerprint density at radius 2 is 1.52 bits per heavy atom. The maximum atomic E-state index is 12.6. The third-order valence-corrected chi connectivity index (χ3v) is 3.75. The molecule has 2 atom stereocenters. The van der Waals surface area contributed by atoms with Gasteiger partial charge in [-0.3, -0.25) is 9.59 Å². The Labute approximate surface area is 148 Å². The molecule has 2 aromatic rings. The van der Waals surface area contributed by atoms with Gasteiger partial charge in [0.15, 0.2) is 0 Å². The van der Waals surface area contributed by atoms with Gasteiger partial charge in [0.1, 0.15) is 6.04 Å². The maximum Gasteiger partial charge on any atom is 0.243 e. The first kappa shape index (κ1) is 18.7. The molecule has 0 heterocycles. The van der Waals surface area contributed by atoms with Crippen LogP contribution in [0.1, 0.15) is 24.5 Å². The maximum absolute atomic E-state index is 12.6. The molecule has 0 saturated heterocycles. The Kier molecular flexibility index (Phi) is 7.16. The molecule has 2 aromatic carbocycles. The molecule has 5 nitrogen and oxygen atoms in total. The first-order valence-electron chi connectivity index (χ1n) is 8.45. The molecule has 0 spiro atoms. The first-order chi connectivity index (χ1) is 12.0. The second-order valence-corrected chi connectivity index (χ2v) is 6.19. The van der Waals surface area contributed by atoms with Gasteiger partial charge in [0.25, 0.3) is 0 Å². The largest absolute Gasteiger partial charge is 0.350 e. The number of nitrogens with one attached hydrogen (secondary N) is 2. The summed E-state index contributed by atoms with van der Waals surface area (Å²) in [4.78, 5) is 24.6. The van der Waals surface area contributed by atoms with Crippen LogP contribution in [0.4, 0.5) is 0 Å². The van der Waals surface area contributed by atoms with E-state index in [2.05, 4.69) is 10.6 Å². The molecule has 0 aliphatic rings. The van der Waals surface area contributed by atoms with Crippen LogP contribution in [0.25, 0.3) is 0 Å². The Bertz CT molecular complexity index is 672. The number of benzene rings is 2. The van der Waals surface area contributed by atoms with Crippen LogP contribution in [0.5, 0.6) is 0 Å². The smallest absolute Gasteiger partial charge is 0.243 e. The van der Waals surface area contributed by atoms with Crippen molar-refractivity contribution >= 4 is 11.8 Å². The van der Waals surface area contributed by atoms with Crippen molar-refractivity contribution in [3.63, 3.8) is 0 Å². The topological polar surface area (TPSA) is 84.2 Å². The van der Waals surface area contributed by atoms with Gasteiger partial charge in [-0.1, -0.05) is 60.7 Å². The normalized spacial score (nSPS) is 12.9. The van der Waals surface area contributed by atoms with Crippen LogP contribution in [0.2, 0.25) is 0 Å². The summed E-state index contributed by atoms with van der Waals surface area (Å²) in [6, 6.07) is 18.4. The molecule has 0 aliphatic heterocycles. The zero-order valence-corrected chi connectivity index (χ0v) is 14.4. The van der Waals surface area contributed by atoms with Crippen molar-refractivity contribution in [2.45, 2.75) is 38.4 Å². The van der Waals surface area contributed by atoms with Crippen molar-refractivity contribution in [2.24, 2.45) is 5.73 Å². The number of amides is 2. The Morgan fingerprint density at radius 3 is 2.08 bits per heavy atom. The van der Waals surface area contributed by atoms with Crippen LogP contribution in [-0.2, 0) is 22.6 Å². The number of rotatable bonds is 8. The number of hydrogen-bond acceptors (Lipinski definition) is 3. The van der Waals surface area contributed by atoms with E-state index in [9.17, 15) is 9.59 Å². The number of carbonyl (C=O) groups excluding carboxylic acids is 2. The SMILES string of the molecule is CC(N)CC(=O)NC(Cc1ccccc1)C(=O)NCc1ccccc1. The Balaban J connectivity index is 2.01. The van der Waals surface area contributed by atoms with Gasteiger partial charge in [-0.05, 0) is 18.1 Å². The fourth-order valence-corrected chi connectivity index (χ4v) is 2.51. The molecule has 0 bridgehead atoms. The molecular formula is C20H25N3O2. The molecule has 2 unspecified atom stereocenters. The summed E-state index contributed by atoms with van der Waals surface area (Å²) in [6.45, 7) is 2.19. The molecule has 4 N–H and O–H groups in total. The van der Waals surface area contributed by atoms with E-state index in [-0.39, 0.29) is 24.3 Å². The second-order valence-electron chi connectivity index (χ2n) is 6.19. The fourth-order valence-electron chi connectivity index (χ4n) is 2.51. The van der Waals surface area contributed by atoms with Crippen LogP contribution in [0, 0.1) is 0 Å². The summed E-state index contributed by atoms with van der Waals surface area (Å²) in [7, 11) is 0. The van der Waals surface area contributed by atoms with Gasteiger partial charge < -0.3 is 16.4 Å². The molecule has 2 amide bonds. The minimum atomic E-state index is -0.627. The summed E-state index contributed by atoms with van der Waals surface area (Å²) in [5.41, 5.74) is 7.67. The summed E-state index contributed by atoms with van der Waals surface area (Å²) in [6.07, 6.45) is 0.628. The van der Waals surface area contributed by atoms with Crippen molar-refractivity contribution in [1.29, 1.82) is 0 Å². The fraction of sp³-hybridized carbons (Fsp3) is 0.300. The average Bonchev–Trinajstić information content (AvgIpc) is 2.60. The van der Waals surface area contributed by atoms with E-state index < -0.39 is 6.04 Å². The highest BCUT2D eigenvalue weighted by Crippen LogP contribution is 2.05. The van der Waals surface area contributed by atoms with E-state index in [4.69, 9.17) is 5.73 Å². The van der Waals surface area contributed by atoms with Crippen molar-refractivity contribution < 1.29 is 9.59 Å². The summed E-state index contributed by atoms with van der Waals surface area (Å²) in [5, 5.41) is 5.69. The molecule has 132 valence electrons. The first-order valence-corrected chi connectivity index (χ1v) is 8.45. The monoisotopic (exact) mass is 339 g/mol. The van der Waals surface area contributed by atoms with E-state index in [0.29, 0.717) is 13.0 Å². The lowest BCUT2D eigenvalue weighted by Gasteiger charge is -2.19. The number of nitrogens with two attached hydrogens (primary N) is 1. The van der Waals surface area contributed by atoms with Crippen molar-refractivity contribution in [3.8, 4) is 0 Å². The Morgan fingerprint density at radius 1 is 0.960 bits per heavy atom. The summed E-state index contributed by atoms with van der Waals surface area (Å²) in [5.74, 6) is -0.420. The van der Waals surface area contributed by atoms with E-state index in [0.717, 1.165) is 11.1 Å². The van der Waals surface area contributed by atoms with E-state index in [1.54, 1.807) is 6.92 Å². The molecule has 0 radical (unpaired) electrons. The van der Waals surface area contributed by atoms with E-state index in [1.807, 2.05) is 60.7 Å². The molecule has 0 fully saturated rings. The van der Waals surface area contributed by atoms with Crippen LogP contribution in [0.3, 0.4) is 0 Å². The molecule has 0 saturated carbocycles. The van der Waals surface area contributed by atoms with Gasteiger partial charge in [-0.15, -0.1) is 0 Å². The van der Waals surface area contributed by atoms with Crippen LogP contribution in [-0.4, -0.2) is 23.9 Å². The van der Waals surface area contributed by atoms with E-state index >= 15 is 0 Å². The second kappa shape index (κ2) is 9.59. The zero-order valence-electron chi connectivity index (χ0n) is 14.4. The molecule has 0 aromatic heterocycles. The summed E-state index contributed by atoms with van der Waals surface area (Å²) < 4.78 is 0. The highest BCUT2D eigenvalue weighted by atomic mass is 16.2. The third-order valence-electron chi connectivity index (χ3n) is 3.75. The van der Waals surface area contributed by atoms with Crippen LogP contribution < -0.4 is 16.4 Å². The average molecular weight is 339 g/mol. The van der Waals surface area contributed by atoms with Crippen molar-refractivity contribution in [2.75, 3.05) is 0 Å². The van der Waals surface area contributed by atoms with Gasteiger partial charge in [0.05, 0.1) is 0 Å². The molecule has 5 heteroatoms. The molecule has 0 aliphatic carbocycles. The van der Waals surface area contributed by atoms with Crippen LogP contribution in [0.15, 0.2) is 60.7 Å². The predicted octanol–water partition coefficient (Wildman–Crippen LogP) is 1.77. The predicted molar refractivity (Wildman–Crippen MR) is 98.6 cm³/mol.